The summed E-state index contributed by atoms with van der Waals surface area (Å²) in [5.74, 6) is -0.208. The van der Waals surface area contributed by atoms with Crippen LogP contribution in [0.4, 0.5) is 0 Å². The van der Waals surface area contributed by atoms with Gasteiger partial charge in [-0.25, -0.2) is 0 Å². The lowest BCUT2D eigenvalue weighted by Gasteiger charge is -2.18. The number of fused-ring (bicyclic) bond motifs is 1. The second kappa shape index (κ2) is 4.46. The van der Waals surface area contributed by atoms with Crippen LogP contribution >= 0.6 is 11.6 Å². The molecule has 3 rings (SSSR count). The fourth-order valence-corrected chi connectivity index (χ4v) is 2.77. The fraction of sp³-hybridized carbons (Fsp3) is 0.125. The number of ketones is 2. The van der Waals surface area contributed by atoms with Crippen LogP contribution in [0.1, 0.15) is 26.3 Å². The summed E-state index contributed by atoms with van der Waals surface area (Å²) in [6.45, 7) is 0. The minimum Gasteiger partial charge on any atom is -0.497 e. The molecule has 0 saturated heterocycles. The third-order valence-electron chi connectivity index (χ3n) is 3.51. The van der Waals surface area contributed by atoms with Crippen molar-refractivity contribution in [2.24, 2.45) is 0 Å². The molecule has 0 bridgehead atoms. The Balaban J connectivity index is 2.19. The molecule has 100 valence electrons. The molecule has 20 heavy (non-hydrogen) atoms. The molecule has 0 radical (unpaired) electrons. The number of benzene rings is 2. The van der Waals surface area contributed by atoms with Crippen molar-refractivity contribution in [3.8, 4) is 5.75 Å². The second-order valence-corrected chi connectivity index (χ2v) is 5.16. The minimum absolute atomic E-state index is 0.371. The van der Waals surface area contributed by atoms with Crippen LogP contribution in [0.15, 0.2) is 48.5 Å². The number of carbonyl (C=O) groups excluding carboxylic acids is 2. The first-order chi connectivity index (χ1) is 9.59. The Hall–Kier alpha value is -2.13. The predicted octanol–water partition coefficient (Wildman–Crippen LogP) is 3.21. The van der Waals surface area contributed by atoms with E-state index in [1.807, 2.05) is 0 Å². The van der Waals surface area contributed by atoms with Crippen molar-refractivity contribution >= 4 is 23.2 Å². The van der Waals surface area contributed by atoms with Crippen LogP contribution in [0.5, 0.6) is 5.75 Å². The van der Waals surface area contributed by atoms with Crippen molar-refractivity contribution in [1.29, 1.82) is 0 Å². The maximum atomic E-state index is 12.5. The van der Waals surface area contributed by atoms with Gasteiger partial charge in [0.05, 0.1) is 7.11 Å². The third kappa shape index (κ3) is 1.60. The molecule has 3 nitrogen and oxygen atoms in total. The predicted molar refractivity (Wildman–Crippen MR) is 75.6 cm³/mol. The summed E-state index contributed by atoms with van der Waals surface area (Å²) in [5.41, 5.74) is 1.18. The molecule has 0 aromatic heterocycles. The van der Waals surface area contributed by atoms with Gasteiger partial charge in [-0.15, -0.1) is 0 Å². The molecule has 2 aromatic carbocycles. The van der Waals surface area contributed by atoms with Crippen LogP contribution in [-0.2, 0) is 4.87 Å². The summed E-state index contributed by atoms with van der Waals surface area (Å²) < 4.78 is 5.13. The number of methoxy groups -OCH3 is 1. The van der Waals surface area contributed by atoms with Gasteiger partial charge in [0, 0.05) is 11.1 Å². The lowest BCUT2D eigenvalue weighted by molar-refractivity contribution is 0.0861. The molecular formula is C16H11ClO3. The number of ether oxygens (including phenoxy) is 1. The Labute approximate surface area is 121 Å². The highest BCUT2D eigenvalue weighted by Crippen LogP contribution is 2.43. The normalized spacial score (nSPS) is 16.1. The topological polar surface area (TPSA) is 43.4 Å². The molecule has 0 aliphatic heterocycles. The SMILES string of the molecule is COc1cccc(C2(Cl)C(=O)c3ccccc3C2=O)c1. The van der Waals surface area contributed by atoms with Crippen LogP contribution in [0.3, 0.4) is 0 Å². The molecule has 1 aliphatic rings. The average Bonchev–Trinajstić information content (AvgIpc) is 2.71. The van der Waals surface area contributed by atoms with Crippen LogP contribution in [0, 0.1) is 0 Å². The summed E-state index contributed by atoms with van der Waals surface area (Å²) in [5, 5.41) is 0. The van der Waals surface area contributed by atoms with E-state index in [1.165, 1.54) is 7.11 Å². The van der Waals surface area contributed by atoms with E-state index in [-0.39, 0.29) is 11.6 Å². The minimum atomic E-state index is -1.68. The zero-order valence-corrected chi connectivity index (χ0v) is 11.5. The van der Waals surface area contributed by atoms with Crippen LogP contribution in [0.2, 0.25) is 0 Å². The zero-order chi connectivity index (χ0) is 14.3. The summed E-state index contributed by atoms with van der Waals surface area (Å²) in [6, 6.07) is 13.4. The van der Waals surface area contributed by atoms with Crippen LogP contribution in [-0.4, -0.2) is 18.7 Å². The summed E-state index contributed by atoms with van der Waals surface area (Å²) in [7, 11) is 1.52. The summed E-state index contributed by atoms with van der Waals surface area (Å²) in [6.07, 6.45) is 0. The number of alkyl halides is 1. The van der Waals surface area contributed by atoms with E-state index in [9.17, 15) is 9.59 Å². The second-order valence-electron chi connectivity index (χ2n) is 4.59. The van der Waals surface area contributed by atoms with Gasteiger partial charge < -0.3 is 4.74 Å². The fourth-order valence-electron chi connectivity index (χ4n) is 2.45. The van der Waals surface area contributed by atoms with Gasteiger partial charge in [-0.05, 0) is 17.7 Å². The van der Waals surface area contributed by atoms with Gasteiger partial charge in [0.1, 0.15) is 5.75 Å². The molecular weight excluding hydrogens is 276 g/mol. The van der Waals surface area contributed by atoms with Crippen molar-refractivity contribution < 1.29 is 14.3 Å². The summed E-state index contributed by atoms with van der Waals surface area (Å²) >= 11 is 6.44. The molecule has 0 spiro atoms. The van der Waals surface area contributed by atoms with E-state index in [0.717, 1.165) is 0 Å². The molecule has 1 aliphatic carbocycles. The van der Waals surface area contributed by atoms with E-state index in [0.29, 0.717) is 22.4 Å². The first kappa shape index (κ1) is 12.9. The van der Waals surface area contributed by atoms with E-state index < -0.39 is 4.87 Å². The molecule has 0 amide bonds. The number of carbonyl (C=O) groups is 2. The van der Waals surface area contributed by atoms with Crippen LogP contribution < -0.4 is 4.74 Å². The van der Waals surface area contributed by atoms with E-state index in [2.05, 4.69) is 0 Å². The molecule has 2 aromatic rings. The quantitative estimate of drug-likeness (QED) is 0.629. The third-order valence-corrected chi connectivity index (χ3v) is 4.07. The van der Waals surface area contributed by atoms with Gasteiger partial charge in [-0.2, -0.15) is 0 Å². The van der Waals surface area contributed by atoms with Crippen molar-refractivity contribution in [1.82, 2.24) is 0 Å². The molecule has 0 saturated carbocycles. The first-order valence-electron chi connectivity index (χ1n) is 6.11. The number of Topliss-reactive ketones (excluding diaryl/α,β-unsaturated/α-hetero) is 2. The number of hydrogen-bond acceptors (Lipinski definition) is 3. The Kier molecular flexibility index (Phi) is 2.87. The molecule has 0 heterocycles. The lowest BCUT2D eigenvalue weighted by Crippen LogP contribution is -2.32. The Morgan fingerprint density at radius 3 is 2.10 bits per heavy atom. The maximum absolute atomic E-state index is 12.5. The van der Waals surface area contributed by atoms with Gasteiger partial charge >= 0.3 is 0 Å². The van der Waals surface area contributed by atoms with E-state index in [4.69, 9.17) is 16.3 Å². The Morgan fingerprint density at radius 1 is 0.950 bits per heavy atom. The average molecular weight is 287 g/mol. The maximum Gasteiger partial charge on any atom is 0.196 e. The van der Waals surface area contributed by atoms with Crippen molar-refractivity contribution in [3.63, 3.8) is 0 Å². The Morgan fingerprint density at radius 2 is 1.55 bits per heavy atom. The molecule has 0 atom stereocenters. The van der Waals surface area contributed by atoms with Gasteiger partial charge in [0.15, 0.2) is 16.4 Å². The highest BCUT2D eigenvalue weighted by Gasteiger charge is 2.53. The van der Waals surface area contributed by atoms with Crippen molar-refractivity contribution in [2.45, 2.75) is 4.87 Å². The molecule has 0 N–H and O–H groups in total. The highest BCUT2D eigenvalue weighted by atomic mass is 35.5. The lowest BCUT2D eigenvalue weighted by atomic mass is 9.93. The van der Waals surface area contributed by atoms with Gasteiger partial charge in [-0.3, -0.25) is 9.59 Å². The Bertz CT molecular complexity index is 686. The van der Waals surface area contributed by atoms with E-state index >= 15 is 0 Å². The van der Waals surface area contributed by atoms with Crippen molar-refractivity contribution in [2.75, 3.05) is 7.11 Å². The molecule has 4 heteroatoms. The van der Waals surface area contributed by atoms with Gasteiger partial charge in [0.2, 0.25) is 0 Å². The number of rotatable bonds is 2. The first-order valence-corrected chi connectivity index (χ1v) is 6.49. The molecule has 0 fully saturated rings. The van der Waals surface area contributed by atoms with Gasteiger partial charge in [0.25, 0.3) is 0 Å². The zero-order valence-electron chi connectivity index (χ0n) is 10.7. The highest BCUT2D eigenvalue weighted by molar-refractivity contribution is 6.54. The van der Waals surface area contributed by atoms with Crippen LogP contribution in [0.25, 0.3) is 0 Å². The smallest absolute Gasteiger partial charge is 0.196 e. The molecule has 0 unspecified atom stereocenters. The summed E-state index contributed by atoms with van der Waals surface area (Å²) in [4.78, 5) is 23.4. The van der Waals surface area contributed by atoms with Crippen molar-refractivity contribution in [3.05, 3.63) is 65.2 Å². The number of hydrogen-bond donors (Lipinski definition) is 0. The largest absolute Gasteiger partial charge is 0.497 e. The standard InChI is InChI=1S/C16H11ClO3/c1-20-11-6-4-5-10(9-11)16(17)14(18)12-7-2-3-8-13(12)15(16)19/h2-9H,1H3. The van der Waals surface area contributed by atoms with E-state index in [1.54, 1.807) is 48.5 Å². The van der Waals surface area contributed by atoms with Gasteiger partial charge in [-0.1, -0.05) is 48.0 Å². The monoisotopic (exact) mass is 286 g/mol. The number of halogens is 1.